The third kappa shape index (κ3) is 4.46. The van der Waals surface area contributed by atoms with Gasteiger partial charge in [-0.3, -0.25) is 4.99 Å². The van der Waals surface area contributed by atoms with E-state index in [1.165, 1.54) is 0 Å². The van der Waals surface area contributed by atoms with Crippen molar-refractivity contribution in [1.29, 1.82) is 0 Å². The van der Waals surface area contributed by atoms with Crippen molar-refractivity contribution in [3.05, 3.63) is 12.2 Å². The number of rotatable bonds is 4. The fraction of sp³-hybridized carbons (Fsp3) is 0.667. The topological polar surface area (TPSA) is 12.4 Å². The molecular formula is C9H13F2NS2. The van der Waals surface area contributed by atoms with E-state index in [0.717, 1.165) is 22.6 Å². The minimum atomic E-state index is -1.59. The van der Waals surface area contributed by atoms with E-state index in [1.807, 2.05) is 0 Å². The highest BCUT2D eigenvalue weighted by Crippen LogP contribution is 2.27. The van der Waals surface area contributed by atoms with Crippen molar-refractivity contribution in [2.45, 2.75) is 25.8 Å². The summed E-state index contributed by atoms with van der Waals surface area (Å²) in [6, 6.07) is 0.441. The Morgan fingerprint density at radius 3 is 3.07 bits per heavy atom. The Kier molecular flexibility index (Phi) is 5.55. The molecule has 0 aromatic rings. The van der Waals surface area contributed by atoms with E-state index in [0.29, 0.717) is 18.2 Å². The molecule has 1 atom stereocenters. The van der Waals surface area contributed by atoms with Gasteiger partial charge in [-0.15, -0.1) is 0 Å². The Balaban J connectivity index is 2.16. The second kappa shape index (κ2) is 6.45. The lowest BCUT2D eigenvalue weighted by molar-refractivity contribution is 0.418. The molecule has 0 unspecified atom stereocenters. The second-order valence-corrected chi connectivity index (χ2v) is 5.25. The van der Waals surface area contributed by atoms with Crippen molar-refractivity contribution in [1.82, 2.24) is 0 Å². The van der Waals surface area contributed by atoms with Gasteiger partial charge in [0.25, 0.3) is 6.08 Å². The zero-order valence-corrected chi connectivity index (χ0v) is 9.64. The predicted octanol–water partition coefficient (Wildman–Crippen LogP) is 3.77. The minimum absolute atomic E-state index is 0.420. The third-order valence-electron chi connectivity index (χ3n) is 1.80. The maximum absolute atomic E-state index is 11.7. The van der Waals surface area contributed by atoms with Crippen molar-refractivity contribution in [2.24, 2.45) is 4.99 Å². The van der Waals surface area contributed by atoms with Crippen molar-refractivity contribution in [3.8, 4) is 0 Å². The van der Waals surface area contributed by atoms with Crippen LogP contribution in [0.1, 0.15) is 19.8 Å². The monoisotopic (exact) mass is 237 g/mol. The van der Waals surface area contributed by atoms with Crippen molar-refractivity contribution < 1.29 is 8.78 Å². The van der Waals surface area contributed by atoms with Crippen LogP contribution in [0.4, 0.5) is 8.78 Å². The van der Waals surface area contributed by atoms with Crippen molar-refractivity contribution in [2.75, 3.05) is 11.5 Å². The van der Waals surface area contributed by atoms with E-state index in [-0.39, 0.29) is 0 Å². The standard InChI is InChI=1S/C9H13F2NS2/c1-2-7-6-14-9(12-7)13-5-3-4-8(10)11/h4,7H,2-3,5-6H2,1H3/t7-/m0/s1. The highest BCUT2D eigenvalue weighted by molar-refractivity contribution is 8.39. The molecule has 0 aromatic heterocycles. The molecule has 1 aliphatic rings. The van der Waals surface area contributed by atoms with E-state index < -0.39 is 6.08 Å². The van der Waals surface area contributed by atoms with Gasteiger partial charge in [0.15, 0.2) is 0 Å². The molecule has 0 amide bonds. The summed E-state index contributed by atoms with van der Waals surface area (Å²) >= 11 is 3.32. The number of halogens is 2. The molecule has 0 N–H and O–H groups in total. The average Bonchev–Trinajstić information content (AvgIpc) is 2.60. The van der Waals surface area contributed by atoms with Gasteiger partial charge < -0.3 is 0 Å². The molecule has 5 heteroatoms. The molecule has 0 aliphatic carbocycles. The summed E-state index contributed by atoms with van der Waals surface area (Å²) in [5.41, 5.74) is 0. The zero-order valence-electron chi connectivity index (χ0n) is 8.00. The number of aliphatic imine (C=N–C) groups is 1. The summed E-state index contributed by atoms with van der Waals surface area (Å²) in [6.07, 6.45) is 0.863. The van der Waals surface area contributed by atoms with Crippen LogP contribution in [0, 0.1) is 0 Å². The van der Waals surface area contributed by atoms with E-state index in [2.05, 4.69) is 11.9 Å². The summed E-state index contributed by atoms with van der Waals surface area (Å²) < 4.78 is 24.4. The molecular weight excluding hydrogens is 224 g/mol. The number of nitrogens with zero attached hydrogens (tertiary/aromatic N) is 1. The van der Waals surface area contributed by atoms with Crippen molar-refractivity contribution >= 4 is 27.9 Å². The van der Waals surface area contributed by atoms with Crippen molar-refractivity contribution in [3.63, 3.8) is 0 Å². The molecule has 1 rings (SSSR count). The van der Waals surface area contributed by atoms with E-state index in [9.17, 15) is 8.78 Å². The van der Waals surface area contributed by atoms with E-state index in [1.54, 1.807) is 23.5 Å². The molecule has 1 heterocycles. The van der Waals surface area contributed by atoms with Gasteiger partial charge in [-0.25, -0.2) is 0 Å². The average molecular weight is 237 g/mol. The Morgan fingerprint density at radius 1 is 1.71 bits per heavy atom. The van der Waals surface area contributed by atoms with Gasteiger partial charge in [-0.2, -0.15) is 8.78 Å². The molecule has 0 saturated heterocycles. The first kappa shape index (κ1) is 12.0. The first-order chi connectivity index (χ1) is 6.72. The van der Waals surface area contributed by atoms with Crippen LogP contribution in [0.5, 0.6) is 0 Å². The fourth-order valence-corrected chi connectivity index (χ4v) is 3.28. The van der Waals surface area contributed by atoms with Crippen LogP contribution < -0.4 is 0 Å². The van der Waals surface area contributed by atoms with Gasteiger partial charge in [0.2, 0.25) is 0 Å². The fourth-order valence-electron chi connectivity index (χ4n) is 0.993. The first-order valence-electron chi connectivity index (χ1n) is 4.57. The van der Waals surface area contributed by atoms with Crippen LogP contribution in [0.2, 0.25) is 0 Å². The maximum atomic E-state index is 11.7. The Labute approximate surface area is 91.4 Å². The predicted molar refractivity (Wildman–Crippen MR) is 61.3 cm³/mol. The summed E-state index contributed by atoms with van der Waals surface area (Å²) in [6.45, 7) is 2.11. The van der Waals surface area contributed by atoms with Gasteiger partial charge in [0.1, 0.15) is 4.38 Å². The van der Waals surface area contributed by atoms with E-state index >= 15 is 0 Å². The molecule has 0 spiro atoms. The second-order valence-electron chi connectivity index (χ2n) is 2.90. The largest absolute Gasteiger partial charge is 0.267 e. The lowest BCUT2D eigenvalue weighted by atomic mass is 10.3. The Morgan fingerprint density at radius 2 is 2.50 bits per heavy atom. The Hall–Kier alpha value is -0.0300. The Bertz CT molecular complexity index is 237. The van der Waals surface area contributed by atoms with Crippen LogP contribution >= 0.6 is 23.5 Å². The molecule has 1 nitrogen and oxygen atoms in total. The molecule has 80 valence electrons. The molecule has 0 radical (unpaired) electrons. The van der Waals surface area contributed by atoms with Crippen LogP contribution in [0.15, 0.2) is 17.1 Å². The molecule has 0 saturated carbocycles. The van der Waals surface area contributed by atoms with Gasteiger partial charge >= 0.3 is 0 Å². The maximum Gasteiger partial charge on any atom is 0.266 e. The number of thioether (sulfide) groups is 2. The molecule has 0 fully saturated rings. The summed E-state index contributed by atoms with van der Waals surface area (Å²) in [4.78, 5) is 4.46. The third-order valence-corrected chi connectivity index (χ3v) is 4.20. The lowest BCUT2D eigenvalue weighted by Crippen LogP contribution is -1.99. The smallest absolute Gasteiger partial charge is 0.266 e. The van der Waals surface area contributed by atoms with Crippen LogP contribution in [0.25, 0.3) is 0 Å². The van der Waals surface area contributed by atoms with E-state index in [4.69, 9.17) is 0 Å². The normalized spacial score (nSPS) is 20.8. The zero-order chi connectivity index (χ0) is 10.4. The quantitative estimate of drug-likeness (QED) is 0.690. The highest BCUT2D eigenvalue weighted by Gasteiger charge is 2.15. The number of allylic oxidation sites excluding steroid dienone is 1. The molecule has 1 aliphatic heterocycles. The molecule has 0 aromatic carbocycles. The van der Waals surface area contributed by atoms with Gasteiger partial charge in [-0.1, -0.05) is 30.4 Å². The molecule has 0 bridgehead atoms. The van der Waals surface area contributed by atoms with Gasteiger partial charge in [0, 0.05) is 11.5 Å². The van der Waals surface area contributed by atoms with Gasteiger partial charge in [0.05, 0.1) is 6.04 Å². The van der Waals surface area contributed by atoms with Crippen LogP contribution in [-0.2, 0) is 0 Å². The highest BCUT2D eigenvalue weighted by atomic mass is 32.2. The summed E-state index contributed by atoms with van der Waals surface area (Å²) in [7, 11) is 0. The van der Waals surface area contributed by atoms with Crippen LogP contribution in [-0.4, -0.2) is 21.9 Å². The summed E-state index contributed by atoms with van der Waals surface area (Å²) in [5.74, 6) is 1.74. The number of hydrogen-bond donors (Lipinski definition) is 0. The van der Waals surface area contributed by atoms with Crippen LogP contribution in [0.3, 0.4) is 0 Å². The lowest BCUT2D eigenvalue weighted by Gasteiger charge is -1.96. The number of hydrogen-bond acceptors (Lipinski definition) is 3. The summed E-state index contributed by atoms with van der Waals surface area (Å²) in [5, 5.41) is 0. The van der Waals surface area contributed by atoms with Gasteiger partial charge in [-0.05, 0) is 18.9 Å². The molecule has 14 heavy (non-hydrogen) atoms. The first-order valence-corrected chi connectivity index (χ1v) is 6.54. The minimum Gasteiger partial charge on any atom is -0.267 e. The SMILES string of the molecule is CC[C@H]1CSC(SCCC=C(F)F)=N1.